The van der Waals surface area contributed by atoms with E-state index >= 15 is 0 Å². The van der Waals surface area contributed by atoms with Crippen LogP contribution in [0.25, 0.3) is 0 Å². The predicted octanol–water partition coefficient (Wildman–Crippen LogP) is 2.97. The largest absolute Gasteiger partial charge is 0.465 e. The molecule has 10 heteroatoms. The van der Waals surface area contributed by atoms with E-state index in [1.54, 1.807) is 32.9 Å². The first kappa shape index (κ1) is 18.6. The minimum absolute atomic E-state index is 0.0604. The second kappa shape index (κ2) is 7.45. The monoisotopic (exact) mass is 389 g/mol. The number of rotatable bonds is 6. The van der Waals surface area contributed by atoms with Crippen LogP contribution in [-0.2, 0) is 19.6 Å². The topological polar surface area (TPSA) is 98.2 Å². The van der Waals surface area contributed by atoms with Gasteiger partial charge in [0, 0.05) is 5.02 Å². The SMILES string of the molecule is CCOC(=O)C(C)c1nnc(NS(=O)(=O)c2cccc(Cl)c2C)s1. The summed E-state index contributed by atoms with van der Waals surface area (Å²) in [6, 6.07) is 4.62. The van der Waals surface area contributed by atoms with Crippen LogP contribution in [0, 0.1) is 6.92 Å². The molecule has 1 heterocycles. The third kappa shape index (κ3) is 4.03. The van der Waals surface area contributed by atoms with E-state index in [0.717, 1.165) is 11.3 Å². The molecule has 1 aromatic carbocycles. The van der Waals surface area contributed by atoms with Gasteiger partial charge in [0.05, 0.1) is 11.5 Å². The van der Waals surface area contributed by atoms with Gasteiger partial charge in [-0.1, -0.05) is 29.0 Å². The van der Waals surface area contributed by atoms with E-state index in [4.69, 9.17) is 16.3 Å². The van der Waals surface area contributed by atoms with Gasteiger partial charge in [0.25, 0.3) is 10.0 Å². The van der Waals surface area contributed by atoms with Gasteiger partial charge in [0.2, 0.25) is 5.13 Å². The van der Waals surface area contributed by atoms with Crippen LogP contribution in [0.3, 0.4) is 0 Å². The molecule has 2 rings (SSSR count). The standard InChI is InChI=1S/C14H16ClN3O4S2/c1-4-22-13(19)9(3)12-16-17-14(23-12)18-24(20,21)11-7-5-6-10(15)8(11)2/h5-7,9H,4H2,1-3H3,(H,17,18). The number of nitrogens with zero attached hydrogens (tertiary/aromatic N) is 2. The lowest BCUT2D eigenvalue weighted by atomic mass is 10.2. The minimum Gasteiger partial charge on any atom is -0.465 e. The average molecular weight is 390 g/mol. The molecule has 0 fully saturated rings. The Morgan fingerprint density at radius 1 is 1.42 bits per heavy atom. The van der Waals surface area contributed by atoms with Crippen LogP contribution < -0.4 is 4.72 Å². The molecule has 1 N–H and O–H groups in total. The van der Waals surface area contributed by atoms with Crippen LogP contribution in [0.1, 0.15) is 30.3 Å². The van der Waals surface area contributed by atoms with Crippen molar-refractivity contribution in [3.8, 4) is 0 Å². The summed E-state index contributed by atoms with van der Waals surface area (Å²) in [6.07, 6.45) is 0. The number of nitrogens with one attached hydrogen (secondary N) is 1. The van der Waals surface area contributed by atoms with Gasteiger partial charge in [0.1, 0.15) is 10.9 Å². The van der Waals surface area contributed by atoms with Gasteiger partial charge >= 0.3 is 5.97 Å². The number of carbonyl (C=O) groups excluding carboxylic acids is 1. The Morgan fingerprint density at radius 2 is 2.12 bits per heavy atom. The van der Waals surface area contributed by atoms with Gasteiger partial charge in [-0.25, -0.2) is 8.42 Å². The molecule has 0 saturated carbocycles. The number of hydrogen-bond acceptors (Lipinski definition) is 7. The van der Waals surface area contributed by atoms with Crippen molar-refractivity contribution in [2.75, 3.05) is 11.3 Å². The fourth-order valence-electron chi connectivity index (χ4n) is 1.87. The molecule has 2 aromatic rings. The Labute approximate surface area is 149 Å². The lowest BCUT2D eigenvalue weighted by Gasteiger charge is -2.09. The molecule has 0 saturated heterocycles. The molecular weight excluding hydrogens is 374 g/mol. The van der Waals surface area contributed by atoms with Crippen molar-refractivity contribution in [2.24, 2.45) is 0 Å². The summed E-state index contributed by atoms with van der Waals surface area (Å²) >= 11 is 6.94. The Hall–Kier alpha value is -1.71. The summed E-state index contributed by atoms with van der Waals surface area (Å²) in [5.41, 5.74) is 0.441. The average Bonchev–Trinajstić information content (AvgIpc) is 2.97. The Kier molecular flexibility index (Phi) is 5.79. The molecule has 0 aliphatic heterocycles. The zero-order valence-corrected chi connectivity index (χ0v) is 15.6. The highest BCUT2D eigenvalue weighted by Crippen LogP contribution is 2.28. The fourth-order valence-corrected chi connectivity index (χ4v) is 4.38. The number of halogens is 1. The first-order chi connectivity index (χ1) is 11.3. The van der Waals surface area contributed by atoms with Gasteiger partial charge in [-0.2, -0.15) is 0 Å². The van der Waals surface area contributed by atoms with E-state index in [2.05, 4.69) is 14.9 Å². The van der Waals surface area contributed by atoms with Crippen molar-refractivity contribution in [1.29, 1.82) is 0 Å². The van der Waals surface area contributed by atoms with Gasteiger partial charge < -0.3 is 4.74 Å². The molecule has 24 heavy (non-hydrogen) atoms. The van der Waals surface area contributed by atoms with Gasteiger partial charge in [-0.05, 0) is 38.5 Å². The maximum atomic E-state index is 12.5. The van der Waals surface area contributed by atoms with E-state index in [1.165, 1.54) is 6.07 Å². The van der Waals surface area contributed by atoms with E-state index in [-0.39, 0.29) is 16.6 Å². The van der Waals surface area contributed by atoms with Crippen LogP contribution in [0.2, 0.25) is 5.02 Å². The number of aromatic nitrogens is 2. The maximum Gasteiger partial charge on any atom is 0.315 e. The number of benzene rings is 1. The minimum atomic E-state index is -3.85. The summed E-state index contributed by atoms with van der Waals surface area (Å²) in [5, 5.41) is 8.42. The van der Waals surface area contributed by atoms with E-state index in [1.807, 2.05) is 0 Å². The third-order valence-corrected chi connectivity index (χ3v) is 6.22. The lowest BCUT2D eigenvalue weighted by Crippen LogP contribution is -2.14. The fraction of sp³-hybridized carbons (Fsp3) is 0.357. The predicted molar refractivity (Wildman–Crippen MR) is 92.0 cm³/mol. The molecule has 0 radical (unpaired) electrons. The summed E-state index contributed by atoms with van der Waals surface area (Å²) < 4.78 is 32.2. The second-order valence-corrected chi connectivity index (χ2v) is 7.95. The molecule has 7 nitrogen and oxygen atoms in total. The van der Waals surface area contributed by atoms with Crippen LogP contribution in [0.15, 0.2) is 23.1 Å². The first-order valence-electron chi connectivity index (χ1n) is 7.04. The number of sulfonamides is 1. The molecule has 1 unspecified atom stereocenters. The first-order valence-corrected chi connectivity index (χ1v) is 9.72. The van der Waals surface area contributed by atoms with Crippen molar-refractivity contribution >= 4 is 44.1 Å². The number of hydrogen-bond donors (Lipinski definition) is 1. The van der Waals surface area contributed by atoms with Gasteiger partial charge in [-0.15, -0.1) is 10.2 Å². The number of anilines is 1. The Morgan fingerprint density at radius 3 is 2.79 bits per heavy atom. The van der Waals surface area contributed by atoms with E-state index in [0.29, 0.717) is 15.6 Å². The van der Waals surface area contributed by atoms with Crippen LogP contribution >= 0.6 is 22.9 Å². The summed E-state index contributed by atoms with van der Waals surface area (Å²) in [7, 11) is -3.85. The molecule has 0 bridgehead atoms. The van der Waals surface area contributed by atoms with E-state index < -0.39 is 21.9 Å². The van der Waals surface area contributed by atoms with Crippen LogP contribution in [0.5, 0.6) is 0 Å². The number of esters is 1. The normalized spacial score (nSPS) is 12.7. The maximum absolute atomic E-state index is 12.5. The van der Waals surface area contributed by atoms with Crippen molar-refractivity contribution in [3.63, 3.8) is 0 Å². The van der Waals surface area contributed by atoms with Crippen molar-refractivity contribution in [2.45, 2.75) is 31.6 Å². The highest BCUT2D eigenvalue weighted by molar-refractivity contribution is 7.93. The third-order valence-electron chi connectivity index (χ3n) is 3.18. The molecule has 1 aromatic heterocycles. The Balaban J connectivity index is 2.22. The summed E-state index contributed by atoms with van der Waals surface area (Å²) in [6.45, 7) is 5.20. The molecule has 130 valence electrons. The van der Waals surface area contributed by atoms with Crippen LogP contribution in [-0.4, -0.2) is 31.2 Å². The van der Waals surface area contributed by atoms with Crippen molar-refractivity contribution < 1.29 is 17.9 Å². The van der Waals surface area contributed by atoms with Crippen molar-refractivity contribution in [1.82, 2.24) is 10.2 Å². The quantitative estimate of drug-likeness (QED) is 0.762. The number of ether oxygens (including phenoxy) is 1. The molecule has 0 spiro atoms. The summed E-state index contributed by atoms with van der Waals surface area (Å²) in [4.78, 5) is 11.8. The van der Waals surface area contributed by atoms with Gasteiger partial charge in [-0.3, -0.25) is 9.52 Å². The zero-order valence-electron chi connectivity index (χ0n) is 13.2. The molecule has 0 amide bonds. The van der Waals surface area contributed by atoms with Crippen molar-refractivity contribution in [3.05, 3.63) is 33.8 Å². The molecular formula is C14H16ClN3O4S2. The molecule has 1 atom stereocenters. The van der Waals surface area contributed by atoms with Gasteiger partial charge in [0.15, 0.2) is 0 Å². The molecule has 0 aliphatic rings. The highest BCUT2D eigenvalue weighted by atomic mass is 35.5. The zero-order chi connectivity index (χ0) is 17.9. The Bertz CT molecular complexity index is 851. The summed E-state index contributed by atoms with van der Waals surface area (Å²) in [5.74, 6) is -1.05. The lowest BCUT2D eigenvalue weighted by molar-refractivity contribution is -0.144. The van der Waals surface area contributed by atoms with E-state index in [9.17, 15) is 13.2 Å². The smallest absolute Gasteiger partial charge is 0.315 e. The van der Waals surface area contributed by atoms with Crippen LogP contribution in [0.4, 0.5) is 5.13 Å². The number of carbonyl (C=O) groups is 1. The highest BCUT2D eigenvalue weighted by Gasteiger charge is 2.24. The second-order valence-electron chi connectivity index (χ2n) is 4.89. The molecule has 0 aliphatic carbocycles.